The fraction of sp³-hybridized carbons (Fsp3) is 0.278. The molecule has 2 aliphatic rings. The minimum absolute atomic E-state index is 0.0279. The molecule has 0 bridgehead atoms. The molecule has 2 atom stereocenters. The molecule has 0 unspecified atom stereocenters. The minimum atomic E-state index is -3.55. The molecule has 1 heterocycles. The largest absolute Gasteiger partial charge is 0.326 e. The second kappa shape index (κ2) is 5.72. The molecule has 2 aromatic rings. The van der Waals surface area contributed by atoms with E-state index in [0.29, 0.717) is 18.5 Å². The van der Waals surface area contributed by atoms with Gasteiger partial charge in [0.1, 0.15) is 0 Å². The molecule has 0 spiro atoms. The molecule has 1 aliphatic heterocycles. The van der Waals surface area contributed by atoms with Gasteiger partial charge in [0.25, 0.3) is 0 Å². The second-order valence-corrected chi connectivity index (χ2v) is 8.06. The van der Waals surface area contributed by atoms with E-state index in [-0.39, 0.29) is 22.8 Å². The molecule has 0 aromatic heterocycles. The first kappa shape index (κ1) is 15.4. The summed E-state index contributed by atoms with van der Waals surface area (Å²) in [6, 6.07) is 14.8. The van der Waals surface area contributed by atoms with Crippen LogP contribution < -0.4 is 10.0 Å². The summed E-state index contributed by atoms with van der Waals surface area (Å²) in [5.41, 5.74) is 2.74. The summed E-state index contributed by atoms with van der Waals surface area (Å²) in [4.78, 5) is 11.7. The Bertz CT molecular complexity index is 894. The summed E-state index contributed by atoms with van der Waals surface area (Å²) < 4.78 is 28.0. The minimum Gasteiger partial charge on any atom is -0.326 e. The highest BCUT2D eigenvalue weighted by Gasteiger charge is 2.41. The summed E-state index contributed by atoms with van der Waals surface area (Å²) >= 11 is 0. The van der Waals surface area contributed by atoms with Crippen molar-refractivity contribution < 1.29 is 13.2 Å². The topological polar surface area (TPSA) is 75.3 Å². The Morgan fingerprint density at radius 2 is 1.83 bits per heavy atom. The maximum Gasteiger partial charge on any atom is 0.240 e. The zero-order valence-corrected chi connectivity index (χ0v) is 13.8. The zero-order valence-electron chi connectivity index (χ0n) is 13.0. The van der Waals surface area contributed by atoms with E-state index < -0.39 is 10.0 Å². The van der Waals surface area contributed by atoms with Crippen molar-refractivity contribution in [2.75, 3.05) is 5.32 Å². The highest BCUT2D eigenvalue weighted by atomic mass is 32.2. The molecular weight excluding hydrogens is 324 g/mol. The first-order valence-electron chi connectivity index (χ1n) is 8.03. The summed E-state index contributed by atoms with van der Waals surface area (Å²) in [6.45, 7) is 0. The van der Waals surface area contributed by atoms with Gasteiger partial charge >= 0.3 is 0 Å². The molecule has 2 N–H and O–H groups in total. The van der Waals surface area contributed by atoms with Crippen LogP contribution in [0.1, 0.15) is 29.9 Å². The fourth-order valence-corrected chi connectivity index (χ4v) is 4.53. The van der Waals surface area contributed by atoms with Gasteiger partial charge in [0, 0.05) is 24.1 Å². The first-order chi connectivity index (χ1) is 11.5. The van der Waals surface area contributed by atoms with Gasteiger partial charge in [-0.25, -0.2) is 13.1 Å². The molecule has 1 amide bonds. The zero-order chi connectivity index (χ0) is 16.7. The summed E-state index contributed by atoms with van der Waals surface area (Å²) in [5.74, 6) is 0.220. The van der Waals surface area contributed by atoms with Crippen molar-refractivity contribution in [1.82, 2.24) is 4.72 Å². The maximum absolute atomic E-state index is 12.6. The molecule has 1 saturated carbocycles. The molecule has 1 fully saturated rings. The Kier molecular flexibility index (Phi) is 3.66. The van der Waals surface area contributed by atoms with E-state index in [0.717, 1.165) is 12.0 Å². The molecule has 2 aromatic carbocycles. The van der Waals surface area contributed by atoms with Crippen molar-refractivity contribution in [3.05, 3.63) is 59.7 Å². The van der Waals surface area contributed by atoms with Crippen LogP contribution in [0, 0.1) is 0 Å². The monoisotopic (exact) mass is 342 g/mol. The number of carbonyl (C=O) groups excluding carboxylic acids is 1. The van der Waals surface area contributed by atoms with E-state index in [9.17, 15) is 13.2 Å². The summed E-state index contributed by atoms with van der Waals surface area (Å²) in [6.07, 6.45) is 1.79. The standard InChI is InChI=1S/C18H18N2O3S/c21-18-9-6-13-10-14(7-8-16(13)19-18)24(22,23)20-17-11-15(17)12-4-2-1-3-5-12/h1-5,7-8,10,15,17,20H,6,9,11H2,(H,19,21)/t15-,17-/m1/s1. The van der Waals surface area contributed by atoms with Crippen molar-refractivity contribution in [3.63, 3.8) is 0 Å². The van der Waals surface area contributed by atoms with Crippen LogP contribution in [-0.2, 0) is 21.2 Å². The fourth-order valence-electron chi connectivity index (χ4n) is 3.19. The van der Waals surface area contributed by atoms with Crippen molar-refractivity contribution in [2.45, 2.75) is 36.1 Å². The third-order valence-corrected chi connectivity index (χ3v) is 6.09. The molecule has 5 nitrogen and oxygen atoms in total. The normalized spacial score (nSPS) is 22.6. The highest BCUT2D eigenvalue weighted by Crippen LogP contribution is 2.41. The quantitative estimate of drug-likeness (QED) is 0.896. The Hall–Kier alpha value is -2.18. The molecule has 6 heteroatoms. The van der Waals surface area contributed by atoms with E-state index in [1.807, 2.05) is 30.3 Å². The number of rotatable bonds is 4. The van der Waals surface area contributed by atoms with Crippen LogP contribution in [0.2, 0.25) is 0 Å². The third kappa shape index (κ3) is 2.95. The van der Waals surface area contributed by atoms with Gasteiger partial charge in [0.15, 0.2) is 0 Å². The lowest BCUT2D eigenvalue weighted by atomic mass is 10.0. The third-order valence-electron chi connectivity index (χ3n) is 4.61. The smallest absolute Gasteiger partial charge is 0.240 e. The van der Waals surface area contributed by atoms with Gasteiger partial charge in [-0.3, -0.25) is 4.79 Å². The summed E-state index contributed by atoms with van der Waals surface area (Å²) in [7, 11) is -3.55. The van der Waals surface area contributed by atoms with E-state index in [4.69, 9.17) is 0 Å². The molecular formula is C18H18N2O3S. The number of benzene rings is 2. The van der Waals surface area contributed by atoms with Crippen molar-refractivity contribution >= 4 is 21.6 Å². The number of nitrogens with one attached hydrogen (secondary N) is 2. The molecule has 0 saturated heterocycles. The van der Waals surface area contributed by atoms with Crippen molar-refractivity contribution in [3.8, 4) is 0 Å². The van der Waals surface area contributed by atoms with E-state index in [1.165, 1.54) is 5.56 Å². The van der Waals surface area contributed by atoms with Gasteiger partial charge in [-0.2, -0.15) is 0 Å². The van der Waals surface area contributed by atoms with Crippen molar-refractivity contribution in [1.29, 1.82) is 0 Å². The number of hydrogen-bond acceptors (Lipinski definition) is 3. The molecule has 4 rings (SSSR count). The molecule has 1 aliphatic carbocycles. The van der Waals surface area contributed by atoms with Crippen LogP contribution >= 0.6 is 0 Å². The van der Waals surface area contributed by atoms with Crippen LogP contribution in [0.3, 0.4) is 0 Å². The van der Waals surface area contributed by atoms with E-state index in [1.54, 1.807) is 18.2 Å². The Morgan fingerprint density at radius 1 is 1.04 bits per heavy atom. The number of aryl methyl sites for hydroxylation is 1. The number of hydrogen-bond donors (Lipinski definition) is 2. The number of anilines is 1. The van der Waals surface area contributed by atoms with Gasteiger partial charge in [0.05, 0.1) is 4.90 Å². The maximum atomic E-state index is 12.6. The highest BCUT2D eigenvalue weighted by molar-refractivity contribution is 7.89. The van der Waals surface area contributed by atoms with E-state index >= 15 is 0 Å². The van der Waals surface area contributed by atoms with Gasteiger partial charge in [0.2, 0.25) is 15.9 Å². The first-order valence-corrected chi connectivity index (χ1v) is 9.51. The molecule has 24 heavy (non-hydrogen) atoms. The summed E-state index contributed by atoms with van der Waals surface area (Å²) in [5, 5.41) is 2.77. The van der Waals surface area contributed by atoms with Crippen LogP contribution in [0.5, 0.6) is 0 Å². The van der Waals surface area contributed by atoms with Crippen LogP contribution in [0.4, 0.5) is 5.69 Å². The second-order valence-electron chi connectivity index (χ2n) is 6.35. The van der Waals surface area contributed by atoms with Gasteiger partial charge < -0.3 is 5.32 Å². The Labute approximate surface area is 141 Å². The lowest BCUT2D eigenvalue weighted by Gasteiger charge is -2.17. The van der Waals surface area contributed by atoms with Gasteiger partial charge in [-0.15, -0.1) is 0 Å². The predicted molar refractivity (Wildman–Crippen MR) is 91.3 cm³/mol. The van der Waals surface area contributed by atoms with Crippen LogP contribution in [-0.4, -0.2) is 20.4 Å². The number of sulfonamides is 1. The Balaban J connectivity index is 1.51. The molecule has 0 radical (unpaired) electrons. The molecule has 124 valence electrons. The van der Waals surface area contributed by atoms with Crippen molar-refractivity contribution in [2.24, 2.45) is 0 Å². The average molecular weight is 342 g/mol. The number of fused-ring (bicyclic) bond motifs is 1. The van der Waals surface area contributed by atoms with Gasteiger partial charge in [-0.05, 0) is 42.2 Å². The van der Waals surface area contributed by atoms with E-state index in [2.05, 4.69) is 10.0 Å². The van der Waals surface area contributed by atoms with Crippen LogP contribution in [0.25, 0.3) is 0 Å². The number of amides is 1. The van der Waals surface area contributed by atoms with Gasteiger partial charge in [-0.1, -0.05) is 30.3 Å². The predicted octanol–water partition coefficient (Wildman–Crippen LogP) is 2.41. The number of carbonyl (C=O) groups is 1. The van der Waals surface area contributed by atoms with Crippen LogP contribution in [0.15, 0.2) is 53.4 Å². The Morgan fingerprint density at radius 3 is 2.62 bits per heavy atom. The lowest BCUT2D eigenvalue weighted by molar-refractivity contribution is -0.116. The average Bonchev–Trinajstić information content (AvgIpc) is 3.33. The SMILES string of the molecule is O=C1CCc2cc(S(=O)(=O)N[C@@H]3C[C@@H]3c3ccccc3)ccc2N1. The lowest BCUT2D eigenvalue weighted by Crippen LogP contribution is -2.27.